The molecular formula is C55H74F6O. The van der Waals surface area contributed by atoms with E-state index in [1.807, 2.05) is 26.0 Å². The molecule has 1 heterocycles. The maximum atomic E-state index is 12.6. The SMILES string of the molecule is CC1CCC(C)CC1.CC1CCC(C)OC1.Cc1cc(F)c(C)c(F)c1.Cc1ccc(C)c(F)c1.Cc1ccc(C)c(F)c1.Cc1ccc(C)c(F)c1F.Cc1ccc(C)cc1. The van der Waals surface area contributed by atoms with E-state index >= 15 is 0 Å². The highest BCUT2D eigenvalue weighted by atomic mass is 19.2. The van der Waals surface area contributed by atoms with Crippen LogP contribution in [0.15, 0.2) is 84.9 Å². The summed E-state index contributed by atoms with van der Waals surface area (Å²) in [7, 11) is 0. The molecule has 1 saturated heterocycles. The molecule has 5 aromatic rings. The number of rotatable bonds is 0. The van der Waals surface area contributed by atoms with E-state index in [1.54, 1.807) is 45.0 Å². The summed E-state index contributed by atoms with van der Waals surface area (Å²) in [5, 5.41) is 0. The summed E-state index contributed by atoms with van der Waals surface area (Å²) < 4.78 is 81.0. The Balaban J connectivity index is 0.000000362. The van der Waals surface area contributed by atoms with Gasteiger partial charge in [0.1, 0.15) is 23.3 Å². The Morgan fingerprint density at radius 3 is 0.952 bits per heavy atom. The summed E-state index contributed by atoms with van der Waals surface area (Å²) in [5.41, 5.74) is 7.42. The van der Waals surface area contributed by atoms with Crippen molar-refractivity contribution in [2.75, 3.05) is 6.61 Å². The van der Waals surface area contributed by atoms with Gasteiger partial charge in [-0.2, -0.15) is 0 Å². The van der Waals surface area contributed by atoms with E-state index in [2.05, 4.69) is 65.8 Å². The van der Waals surface area contributed by atoms with Gasteiger partial charge in [0.05, 0.1) is 6.10 Å². The van der Waals surface area contributed by atoms with E-state index < -0.39 is 23.3 Å². The zero-order chi connectivity index (χ0) is 47.1. The normalized spacial score (nSPS) is 17.5. The van der Waals surface area contributed by atoms with E-state index in [0.29, 0.717) is 33.9 Å². The second kappa shape index (κ2) is 29.1. The predicted octanol–water partition coefficient (Wildman–Crippen LogP) is 17.0. The van der Waals surface area contributed by atoms with Crippen LogP contribution in [0.5, 0.6) is 0 Å². The van der Waals surface area contributed by atoms with Crippen molar-refractivity contribution in [1.29, 1.82) is 0 Å². The van der Waals surface area contributed by atoms with Crippen LogP contribution in [0.2, 0.25) is 0 Å². The molecule has 1 aliphatic heterocycles. The summed E-state index contributed by atoms with van der Waals surface area (Å²) in [6.07, 6.45) is 9.01. The first-order chi connectivity index (χ1) is 29.0. The Hall–Kier alpha value is -4.36. The van der Waals surface area contributed by atoms with Gasteiger partial charge in [-0.1, -0.05) is 118 Å². The second-order valence-electron chi connectivity index (χ2n) is 17.5. The van der Waals surface area contributed by atoms with E-state index in [4.69, 9.17) is 4.74 Å². The molecule has 1 nitrogen and oxygen atoms in total. The van der Waals surface area contributed by atoms with Gasteiger partial charge in [-0.15, -0.1) is 0 Å². The fourth-order valence-corrected chi connectivity index (χ4v) is 5.99. The van der Waals surface area contributed by atoms with Gasteiger partial charge in [-0.25, -0.2) is 26.3 Å². The Morgan fingerprint density at radius 2 is 0.661 bits per heavy atom. The third kappa shape index (κ3) is 23.2. The van der Waals surface area contributed by atoms with Crippen LogP contribution in [0, 0.1) is 122 Å². The van der Waals surface area contributed by atoms with E-state index in [0.717, 1.165) is 35.5 Å². The molecule has 62 heavy (non-hydrogen) atoms. The molecule has 0 bridgehead atoms. The molecule has 2 atom stereocenters. The molecule has 2 fully saturated rings. The van der Waals surface area contributed by atoms with Crippen molar-refractivity contribution in [2.24, 2.45) is 17.8 Å². The number of hydrogen-bond acceptors (Lipinski definition) is 1. The van der Waals surface area contributed by atoms with E-state index in [-0.39, 0.29) is 17.2 Å². The number of hydrogen-bond donors (Lipinski definition) is 0. The Kier molecular flexibility index (Phi) is 26.1. The summed E-state index contributed by atoms with van der Waals surface area (Å²) in [6, 6.07) is 24.7. The molecule has 0 amide bonds. The molecule has 7 heteroatoms. The Morgan fingerprint density at radius 1 is 0.355 bits per heavy atom. The summed E-state index contributed by atoms with van der Waals surface area (Å²) >= 11 is 0. The number of benzene rings is 5. The fraction of sp³-hybridized carbons (Fsp3) is 0.455. The van der Waals surface area contributed by atoms with Crippen molar-refractivity contribution in [3.8, 4) is 0 Å². The van der Waals surface area contributed by atoms with Crippen molar-refractivity contribution in [2.45, 2.75) is 142 Å². The molecule has 0 N–H and O–H groups in total. The van der Waals surface area contributed by atoms with Crippen LogP contribution in [0.3, 0.4) is 0 Å². The lowest BCUT2D eigenvalue weighted by molar-refractivity contribution is 0.000266. The molecule has 1 aliphatic carbocycles. The largest absolute Gasteiger partial charge is 0.378 e. The van der Waals surface area contributed by atoms with Crippen LogP contribution >= 0.6 is 0 Å². The lowest BCUT2D eigenvalue weighted by Crippen LogP contribution is -2.21. The van der Waals surface area contributed by atoms with Crippen LogP contribution in [0.4, 0.5) is 26.3 Å². The summed E-state index contributed by atoms with van der Waals surface area (Å²) in [5.74, 6) is 0.184. The molecule has 0 spiro atoms. The van der Waals surface area contributed by atoms with Crippen molar-refractivity contribution in [3.05, 3.63) is 175 Å². The molecule has 1 saturated carbocycles. The first-order valence-electron chi connectivity index (χ1n) is 21.9. The molecule has 0 radical (unpaired) electrons. The van der Waals surface area contributed by atoms with Gasteiger partial charge in [-0.3, -0.25) is 0 Å². The summed E-state index contributed by atoms with van der Waals surface area (Å²) in [4.78, 5) is 0. The number of ether oxygens (including phenoxy) is 1. The van der Waals surface area contributed by atoms with Gasteiger partial charge in [0.15, 0.2) is 11.6 Å². The van der Waals surface area contributed by atoms with Gasteiger partial charge in [0.2, 0.25) is 0 Å². The summed E-state index contributed by atoms with van der Waals surface area (Å²) in [6.45, 7) is 27.7. The maximum absolute atomic E-state index is 12.6. The van der Waals surface area contributed by atoms with E-state index in [9.17, 15) is 26.3 Å². The Labute approximate surface area is 371 Å². The van der Waals surface area contributed by atoms with Gasteiger partial charge in [0.25, 0.3) is 0 Å². The highest BCUT2D eigenvalue weighted by molar-refractivity contribution is 5.25. The van der Waals surface area contributed by atoms with Crippen molar-refractivity contribution >= 4 is 0 Å². The predicted molar refractivity (Wildman–Crippen MR) is 250 cm³/mol. The highest BCUT2D eigenvalue weighted by Gasteiger charge is 2.14. The second-order valence-corrected chi connectivity index (χ2v) is 17.5. The molecule has 0 aromatic heterocycles. The minimum Gasteiger partial charge on any atom is -0.378 e. The van der Waals surface area contributed by atoms with Crippen LogP contribution in [0.1, 0.15) is 122 Å². The van der Waals surface area contributed by atoms with Crippen LogP contribution < -0.4 is 0 Å². The molecule has 2 aliphatic rings. The standard InChI is InChI=1S/2C8H8F2.2C8H9F.C8H16.C8H10.C7H14O/c1-5-3-7(9)6(2)8(10)4-5;1-5-3-4-6(2)8(10)7(5)9;2*1-6-3-4-7(2)8(9)5-6;2*1-7-3-5-8(2)6-4-7;1-6-3-4-7(2)8-5-6/h2*3-4H,1-2H3;2*3-5H,1-2H3;7-8H,3-6H2,1-2H3;3-6H,1-2H3;6-7H,3-5H2,1-2H3. The number of halogens is 6. The van der Waals surface area contributed by atoms with Gasteiger partial charge >= 0.3 is 0 Å². The quantitative estimate of drug-likeness (QED) is 0.141. The zero-order valence-electron chi connectivity index (χ0n) is 40.0. The average Bonchev–Trinajstić information content (AvgIpc) is 3.22. The zero-order valence-corrected chi connectivity index (χ0v) is 40.0. The van der Waals surface area contributed by atoms with Gasteiger partial charge in [-0.05, 0) is 170 Å². The minimum absolute atomic E-state index is 0.0885. The molecule has 5 aromatic carbocycles. The maximum Gasteiger partial charge on any atom is 0.161 e. The smallest absolute Gasteiger partial charge is 0.161 e. The van der Waals surface area contributed by atoms with Crippen LogP contribution in [-0.4, -0.2) is 12.7 Å². The molecule has 342 valence electrons. The third-order valence-corrected chi connectivity index (χ3v) is 10.8. The fourth-order valence-electron chi connectivity index (χ4n) is 5.99. The monoisotopic (exact) mass is 865 g/mol. The Bertz CT molecular complexity index is 1860. The van der Waals surface area contributed by atoms with Crippen molar-refractivity contribution in [1.82, 2.24) is 0 Å². The highest BCUT2D eigenvalue weighted by Crippen LogP contribution is 2.27. The topological polar surface area (TPSA) is 9.23 Å². The molecule has 2 unspecified atom stereocenters. The number of aryl methyl sites for hydroxylation is 9. The first-order valence-corrected chi connectivity index (χ1v) is 21.9. The first kappa shape index (κ1) is 55.7. The molecule has 7 rings (SSSR count). The lowest BCUT2D eigenvalue weighted by Gasteiger charge is -2.23. The van der Waals surface area contributed by atoms with Gasteiger partial charge in [0, 0.05) is 12.2 Å². The van der Waals surface area contributed by atoms with Crippen LogP contribution in [0.25, 0.3) is 0 Å². The van der Waals surface area contributed by atoms with Gasteiger partial charge < -0.3 is 4.74 Å². The lowest BCUT2D eigenvalue weighted by atomic mass is 9.84. The average molecular weight is 865 g/mol. The van der Waals surface area contributed by atoms with Crippen molar-refractivity contribution < 1.29 is 31.1 Å². The third-order valence-electron chi connectivity index (χ3n) is 10.8. The molecular weight excluding hydrogens is 791 g/mol. The minimum atomic E-state index is -0.736. The van der Waals surface area contributed by atoms with E-state index in [1.165, 1.54) is 94.7 Å². The van der Waals surface area contributed by atoms with Crippen molar-refractivity contribution in [3.63, 3.8) is 0 Å². The van der Waals surface area contributed by atoms with Crippen LogP contribution in [-0.2, 0) is 4.74 Å².